The number of ether oxygens (including phenoxy) is 1. The van der Waals surface area contributed by atoms with Crippen molar-refractivity contribution in [2.75, 3.05) is 0 Å². The SMILES string of the molecule is Cc1ccc(C(=NCc2ccccn2)NO)c(Oc2ccc(F)c(F)c2)n1. The number of halogens is 2. The molecule has 3 aromatic rings. The molecule has 3 rings (SSSR count). The standard InChI is InChI=1S/C19H16F2N4O2/c1-12-5-7-15(18(25-26)23-11-13-4-2-3-9-22-13)19(24-12)27-14-6-8-16(20)17(21)10-14/h2-10,26H,11H2,1H3,(H,23,25). The van der Waals surface area contributed by atoms with E-state index in [0.717, 1.165) is 12.1 Å². The van der Waals surface area contributed by atoms with Crippen molar-refractivity contribution < 1.29 is 18.7 Å². The Balaban J connectivity index is 1.92. The van der Waals surface area contributed by atoms with Crippen molar-refractivity contribution >= 4 is 5.84 Å². The predicted molar refractivity (Wildman–Crippen MR) is 94.8 cm³/mol. The summed E-state index contributed by atoms with van der Waals surface area (Å²) in [6.45, 7) is 1.96. The molecule has 6 nitrogen and oxygen atoms in total. The van der Waals surface area contributed by atoms with Crippen LogP contribution in [0.2, 0.25) is 0 Å². The molecule has 27 heavy (non-hydrogen) atoms. The van der Waals surface area contributed by atoms with E-state index in [-0.39, 0.29) is 24.0 Å². The summed E-state index contributed by atoms with van der Waals surface area (Å²) < 4.78 is 32.1. The highest BCUT2D eigenvalue weighted by molar-refractivity contribution is 6.00. The lowest BCUT2D eigenvalue weighted by atomic mass is 10.2. The fraction of sp³-hybridized carbons (Fsp3) is 0.105. The van der Waals surface area contributed by atoms with Crippen molar-refractivity contribution in [2.45, 2.75) is 13.5 Å². The van der Waals surface area contributed by atoms with Crippen LogP contribution in [0.3, 0.4) is 0 Å². The summed E-state index contributed by atoms with van der Waals surface area (Å²) in [5, 5.41) is 9.50. The van der Waals surface area contributed by atoms with Gasteiger partial charge in [-0.25, -0.2) is 13.8 Å². The number of rotatable bonds is 5. The second kappa shape index (κ2) is 8.33. The van der Waals surface area contributed by atoms with Crippen molar-refractivity contribution in [3.05, 3.63) is 83.3 Å². The number of nitrogens with one attached hydrogen (secondary N) is 1. The lowest BCUT2D eigenvalue weighted by molar-refractivity contribution is 0.234. The predicted octanol–water partition coefficient (Wildman–Crippen LogP) is 3.78. The molecule has 8 heteroatoms. The van der Waals surface area contributed by atoms with Crippen LogP contribution in [0.25, 0.3) is 0 Å². The van der Waals surface area contributed by atoms with Gasteiger partial charge in [0.05, 0.1) is 17.8 Å². The van der Waals surface area contributed by atoms with Crippen molar-refractivity contribution in [2.24, 2.45) is 4.99 Å². The molecule has 0 spiro atoms. The number of hydrogen-bond acceptors (Lipinski definition) is 5. The smallest absolute Gasteiger partial charge is 0.230 e. The first-order chi connectivity index (χ1) is 13.1. The van der Waals surface area contributed by atoms with Gasteiger partial charge in [-0.05, 0) is 43.3 Å². The minimum Gasteiger partial charge on any atom is -0.438 e. The number of aryl methyl sites for hydroxylation is 1. The van der Waals surface area contributed by atoms with Gasteiger partial charge >= 0.3 is 0 Å². The highest BCUT2D eigenvalue weighted by Gasteiger charge is 2.14. The number of aliphatic imine (C=N–C) groups is 1. The normalized spacial score (nSPS) is 11.3. The van der Waals surface area contributed by atoms with Crippen LogP contribution in [0.15, 0.2) is 59.7 Å². The maximum Gasteiger partial charge on any atom is 0.230 e. The molecule has 0 atom stereocenters. The van der Waals surface area contributed by atoms with Gasteiger partial charge in [-0.3, -0.25) is 20.7 Å². The molecule has 0 bridgehead atoms. The third-order valence-electron chi connectivity index (χ3n) is 3.59. The van der Waals surface area contributed by atoms with Crippen LogP contribution in [0.1, 0.15) is 17.0 Å². The van der Waals surface area contributed by atoms with E-state index in [1.165, 1.54) is 6.07 Å². The summed E-state index contributed by atoms with van der Waals surface area (Å²) in [6, 6.07) is 11.9. The number of aromatic nitrogens is 2. The zero-order valence-corrected chi connectivity index (χ0v) is 14.4. The van der Waals surface area contributed by atoms with Crippen molar-refractivity contribution in [1.29, 1.82) is 0 Å². The summed E-state index contributed by atoms with van der Waals surface area (Å²) in [5.41, 5.74) is 3.71. The molecule has 2 aromatic heterocycles. The first kappa shape index (κ1) is 18.4. The molecule has 0 aliphatic heterocycles. The maximum absolute atomic E-state index is 13.4. The monoisotopic (exact) mass is 370 g/mol. The van der Waals surface area contributed by atoms with Crippen LogP contribution in [0.4, 0.5) is 8.78 Å². The second-order valence-corrected chi connectivity index (χ2v) is 5.58. The molecule has 2 heterocycles. The molecular weight excluding hydrogens is 354 g/mol. The molecule has 0 aliphatic rings. The van der Waals surface area contributed by atoms with Crippen LogP contribution in [-0.4, -0.2) is 21.0 Å². The van der Waals surface area contributed by atoms with E-state index in [0.29, 0.717) is 17.0 Å². The average Bonchev–Trinajstić information content (AvgIpc) is 2.67. The maximum atomic E-state index is 13.4. The minimum absolute atomic E-state index is 0.0651. The lowest BCUT2D eigenvalue weighted by Crippen LogP contribution is -2.22. The Kier molecular flexibility index (Phi) is 5.68. The Morgan fingerprint density at radius 3 is 2.70 bits per heavy atom. The van der Waals surface area contributed by atoms with E-state index in [1.54, 1.807) is 37.4 Å². The van der Waals surface area contributed by atoms with Gasteiger partial charge in [0.15, 0.2) is 17.5 Å². The van der Waals surface area contributed by atoms with Crippen LogP contribution < -0.4 is 10.2 Å². The van der Waals surface area contributed by atoms with Crippen molar-refractivity contribution in [3.63, 3.8) is 0 Å². The second-order valence-electron chi connectivity index (χ2n) is 5.58. The van der Waals surface area contributed by atoms with Gasteiger partial charge < -0.3 is 4.74 Å². The quantitative estimate of drug-likeness (QED) is 0.406. The van der Waals surface area contributed by atoms with E-state index in [1.807, 2.05) is 11.5 Å². The Labute approximate surface area is 154 Å². The molecule has 0 saturated heterocycles. The highest BCUT2D eigenvalue weighted by Crippen LogP contribution is 2.25. The number of hydroxylamine groups is 1. The summed E-state index contributed by atoms with van der Waals surface area (Å²) in [5.74, 6) is -1.76. The zero-order chi connectivity index (χ0) is 19.2. The molecule has 0 unspecified atom stereocenters. The lowest BCUT2D eigenvalue weighted by Gasteiger charge is -2.12. The molecule has 138 valence electrons. The molecule has 2 N–H and O–H groups in total. The first-order valence-electron chi connectivity index (χ1n) is 8.02. The average molecular weight is 370 g/mol. The Morgan fingerprint density at radius 1 is 1.15 bits per heavy atom. The summed E-state index contributed by atoms with van der Waals surface area (Å²) in [7, 11) is 0. The third kappa shape index (κ3) is 4.62. The van der Waals surface area contributed by atoms with Gasteiger partial charge in [-0.15, -0.1) is 0 Å². The Hall–Kier alpha value is -3.39. The zero-order valence-electron chi connectivity index (χ0n) is 14.4. The number of hydrogen-bond donors (Lipinski definition) is 2. The number of benzene rings is 1. The number of pyridine rings is 2. The van der Waals surface area contributed by atoms with E-state index in [2.05, 4.69) is 15.0 Å². The Bertz CT molecular complexity index is 965. The van der Waals surface area contributed by atoms with Crippen LogP contribution >= 0.6 is 0 Å². The topological polar surface area (TPSA) is 79.6 Å². The van der Waals surface area contributed by atoms with Crippen molar-refractivity contribution in [3.8, 4) is 11.6 Å². The molecular formula is C19H16F2N4O2. The third-order valence-corrected chi connectivity index (χ3v) is 3.59. The minimum atomic E-state index is -1.04. The van der Waals surface area contributed by atoms with E-state index < -0.39 is 11.6 Å². The highest BCUT2D eigenvalue weighted by atomic mass is 19.2. The number of amidine groups is 1. The van der Waals surface area contributed by atoms with Gasteiger partial charge in [0, 0.05) is 18.0 Å². The molecule has 1 aromatic carbocycles. The molecule has 0 saturated carbocycles. The van der Waals surface area contributed by atoms with Gasteiger partial charge in [0.2, 0.25) is 5.88 Å². The van der Waals surface area contributed by atoms with Gasteiger partial charge in [0.25, 0.3) is 0 Å². The van der Waals surface area contributed by atoms with E-state index in [9.17, 15) is 14.0 Å². The molecule has 0 aliphatic carbocycles. The molecule has 0 amide bonds. The molecule has 0 fully saturated rings. The van der Waals surface area contributed by atoms with E-state index in [4.69, 9.17) is 4.74 Å². The summed E-state index contributed by atoms with van der Waals surface area (Å²) in [6.07, 6.45) is 1.64. The van der Waals surface area contributed by atoms with Gasteiger partial charge in [-0.1, -0.05) is 6.07 Å². The van der Waals surface area contributed by atoms with Crippen molar-refractivity contribution in [1.82, 2.24) is 15.4 Å². The first-order valence-corrected chi connectivity index (χ1v) is 8.02. The fourth-order valence-corrected chi connectivity index (χ4v) is 2.28. The Morgan fingerprint density at radius 2 is 2.00 bits per heavy atom. The summed E-state index contributed by atoms with van der Waals surface area (Å²) in [4.78, 5) is 12.7. The van der Waals surface area contributed by atoms with Crippen LogP contribution in [-0.2, 0) is 6.54 Å². The fourth-order valence-electron chi connectivity index (χ4n) is 2.28. The summed E-state index contributed by atoms with van der Waals surface area (Å²) >= 11 is 0. The van der Waals surface area contributed by atoms with E-state index >= 15 is 0 Å². The molecule has 0 radical (unpaired) electrons. The number of nitrogens with zero attached hydrogens (tertiary/aromatic N) is 3. The van der Waals surface area contributed by atoms with Crippen LogP contribution in [0.5, 0.6) is 11.6 Å². The largest absolute Gasteiger partial charge is 0.438 e. The van der Waals surface area contributed by atoms with Gasteiger partial charge in [0.1, 0.15) is 5.75 Å². The van der Waals surface area contributed by atoms with Crippen LogP contribution in [0, 0.1) is 18.6 Å². The van der Waals surface area contributed by atoms with Gasteiger partial charge in [-0.2, -0.15) is 0 Å².